The fourth-order valence-corrected chi connectivity index (χ4v) is 3.12. The maximum Gasteiger partial charge on any atom is 0.338 e. The highest BCUT2D eigenvalue weighted by Gasteiger charge is 2.22. The third kappa shape index (κ3) is 4.13. The Morgan fingerprint density at radius 3 is 2.76 bits per heavy atom. The van der Waals surface area contributed by atoms with Crippen molar-refractivity contribution in [3.63, 3.8) is 0 Å². The van der Waals surface area contributed by atoms with E-state index in [1.54, 1.807) is 0 Å². The Morgan fingerprint density at radius 1 is 1.28 bits per heavy atom. The summed E-state index contributed by atoms with van der Waals surface area (Å²) in [5.74, 6) is 0.551. The van der Waals surface area contributed by atoms with Gasteiger partial charge in [0.25, 0.3) is 0 Å². The van der Waals surface area contributed by atoms with Crippen molar-refractivity contribution >= 4 is 5.97 Å². The van der Waals surface area contributed by atoms with Gasteiger partial charge < -0.3 is 9.84 Å². The molecule has 0 amide bonds. The molecule has 2 atom stereocenters. The monoisotopic (exact) mass is 337 g/mol. The molecular weight excluding hydrogens is 318 g/mol. The molecule has 1 heterocycles. The van der Waals surface area contributed by atoms with Crippen LogP contribution in [-0.2, 0) is 0 Å². The zero-order chi connectivity index (χ0) is 17.6. The van der Waals surface area contributed by atoms with Crippen molar-refractivity contribution in [2.45, 2.75) is 25.7 Å². The molecule has 1 aliphatic carbocycles. The molecular formula is C19H19N3O3. The van der Waals surface area contributed by atoms with Crippen molar-refractivity contribution in [3.8, 4) is 23.2 Å². The zero-order valence-corrected chi connectivity index (χ0v) is 13.8. The number of nitriles is 1. The molecule has 1 N–H and O–H groups in total. The molecule has 0 saturated heterocycles. The predicted octanol–water partition coefficient (Wildman–Crippen LogP) is 3.55. The van der Waals surface area contributed by atoms with Crippen molar-refractivity contribution in [1.82, 2.24) is 9.97 Å². The molecule has 0 aliphatic heterocycles. The number of aromatic nitrogens is 2. The van der Waals surface area contributed by atoms with Gasteiger partial charge in [-0.2, -0.15) is 5.26 Å². The average molecular weight is 337 g/mol. The lowest BCUT2D eigenvalue weighted by Crippen LogP contribution is -2.20. The van der Waals surface area contributed by atoms with Crippen LogP contribution in [0.4, 0.5) is 0 Å². The standard InChI is InChI=1S/C19H19N3O3/c20-9-13-4-3-5-14(8-13)12-25-17-7-2-1-6-16(17)18-21-10-15(11-22-18)19(23)24/h1-2,6-7,10-11,13-14H,3-5,8,12H2,(H,23,24). The SMILES string of the molecule is N#CC1CCCC(COc2ccccc2-c2ncc(C(=O)O)cn2)C1. The summed E-state index contributed by atoms with van der Waals surface area (Å²) in [6.45, 7) is 0.558. The fourth-order valence-electron chi connectivity index (χ4n) is 3.12. The smallest absolute Gasteiger partial charge is 0.338 e. The minimum atomic E-state index is -1.06. The first-order valence-corrected chi connectivity index (χ1v) is 8.34. The van der Waals surface area contributed by atoms with Crippen LogP contribution in [0.5, 0.6) is 5.75 Å². The highest BCUT2D eigenvalue weighted by atomic mass is 16.5. The number of benzene rings is 1. The van der Waals surface area contributed by atoms with E-state index in [9.17, 15) is 4.79 Å². The first-order chi connectivity index (χ1) is 12.2. The van der Waals surface area contributed by atoms with Crippen LogP contribution >= 0.6 is 0 Å². The van der Waals surface area contributed by atoms with Crippen LogP contribution in [0.15, 0.2) is 36.7 Å². The van der Waals surface area contributed by atoms with Crippen molar-refractivity contribution in [1.29, 1.82) is 5.26 Å². The molecule has 0 spiro atoms. The summed E-state index contributed by atoms with van der Waals surface area (Å²) in [7, 11) is 0. The molecule has 6 nitrogen and oxygen atoms in total. The lowest BCUT2D eigenvalue weighted by molar-refractivity contribution is 0.0696. The third-order valence-electron chi connectivity index (χ3n) is 4.47. The van der Waals surface area contributed by atoms with Crippen molar-refractivity contribution in [3.05, 3.63) is 42.2 Å². The van der Waals surface area contributed by atoms with Crippen LogP contribution in [0.3, 0.4) is 0 Å². The molecule has 1 aromatic carbocycles. The van der Waals surface area contributed by atoms with Gasteiger partial charge in [-0.15, -0.1) is 0 Å². The number of carboxylic acids is 1. The molecule has 0 bridgehead atoms. The zero-order valence-electron chi connectivity index (χ0n) is 13.8. The van der Waals surface area contributed by atoms with E-state index in [0.29, 0.717) is 24.1 Å². The van der Waals surface area contributed by atoms with Gasteiger partial charge >= 0.3 is 5.97 Å². The van der Waals surface area contributed by atoms with Gasteiger partial charge in [0.05, 0.1) is 23.8 Å². The summed E-state index contributed by atoms with van der Waals surface area (Å²) in [5.41, 5.74) is 0.777. The van der Waals surface area contributed by atoms with Crippen molar-refractivity contribution in [2.75, 3.05) is 6.61 Å². The molecule has 1 aliphatic rings. The Hall–Kier alpha value is -2.94. The minimum Gasteiger partial charge on any atom is -0.493 e. The number of rotatable bonds is 5. The molecule has 0 radical (unpaired) electrons. The summed E-state index contributed by atoms with van der Waals surface area (Å²) in [4.78, 5) is 19.2. The van der Waals surface area contributed by atoms with Crippen LogP contribution in [0, 0.1) is 23.2 Å². The van der Waals surface area contributed by atoms with Crippen LogP contribution in [0.1, 0.15) is 36.0 Å². The summed E-state index contributed by atoms with van der Waals surface area (Å²) in [6.07, 6.45) is 6.58. The first-order valence-electron chi connectivity index (χ1n) is 8.34. The van der Waals surface area contributed by atoms with Gasteiger partial charge in [0.2, 0.25) is 0 Å². The van der Waals surface area contributed by atoms with Gasteiger partial charge in [-0.05, 0) is 37.3 Å². The number of aromatic carboxylic acids is 1. The summed E-state index contributed by atoms with van der Waals surface area (Å²) < 4.78 is 6.00. The lowest BCUT2D eigenvalue weighted by atomic mass is 9.83. The number of nitrogens with zero attached hydrogens (tertiary/aromatic N) is 3. The Labute approximate surface area is 146 Å². The number of hydrogen-bond acceptors (Lipinski definition) is 5. The molecule has 1 aromatic heterocycles. The van der Waals surface area contributed by atoms with Crippen LogP contribution in [-0.4, -0.2) is 27.7 Å². The number of carboxylic acid groups (broad SMARTS) is 1. The third-order valence-corrected chi connectivity index (χ3v) is 4.47. The quantitative estimate of drug-likeness (QED) is 0.896. The lowest BCUT2D eigenvalue weighted by Gasteiger charge is -2.25. The van der Waals surface area contributed by atoms with Gasteiger partial charge in [0.15, 0.2) is 5.82 Å². The van der Waals surface area contributed by atoms with Crippen LogP contribution < -0.4 is 4.74 Å². The Kier molecular flexibility index (Phi) is 5.24. The average Bonchev–Trinajstić information content (AvgIpc) is 2.67. The van der Waals surface area contributed by atoms with Crippen LogP contribution in [0.2, 0.25) is 0 Å². The Balaban J connectivity index is 1.73. The van der Waals surface area contributed by atoms with E-state index in [1.807, 2.05) is 24.3 Å². The van der Waals surface area contributed by atoms with Crippen molar-refractivity contribution in [2.24, 2.45) is 11.8 Å². The van der Waals surface area contributed by atoms with E-state index in [0.717, 1.165) is 31.2 Å². The fraction of sp³-hybridized carbons (Fsp3) is 0.368. The Morgan fingerprint density at radius 2 is 2.04 bits per heavy atom. The normalized spacial score (nSPS) is 19.8. The maximum atomic E-state index is 10.9. The molecule has 2 unspecified atom stereocenters. The molecule has 1 fully saturated rings. The molecule has 6 heteroatoms. The van der Waals surface area contributed by atoms with Crippen molar-refractivity contribution < 1.29 is 14.6 Å². The molecule has 128 valence electrons. The topological polar surface area (TPSA) is 96.1 Å². The molecule has 25 heavy (non-hydrogen) atoms. The van der Waals surface area contributed by atoms with E-state index >= 15 is 0 Å². The minimum absolute atomic E-state index is 0.0481. The molecule has 2 aromatic rings. The summed E-state index contributed by atoms with van der Waals surface area (Å²) in [6, 6.07) is 9.81. The highest BCUT2D eigenvalue weighted by Crippen LogP contribution is 2.31. The van der Waals surface area contributed by atoms with E-state index < -0.39 is 5.97 Å². The summed E-state index contributed by atoms with van der Waals surface area (Å²) in [5, 5.41) is 18.0. The van der Waals surface area contributed by atoms with Gasteiger partial charge in [0.1, 0.15) is 5.75 Å². The van der Waals surface area contributed by atoms with Gasteiger partial charge in [-0.1, -0.05) is 18.6 Å². The molecule has 3 rings (SSSR count). The Bertz CT molecular complexity index is 783. The number of hydrogen-bond donors (Lipinski definition) is 1. The molecule has 1 saturated carbocycles. The second-order valence-electron chi connectivity index (χ2n) is 6.27. The maximum absolute atomic E-state index is 10.9. The van der Waals surface area contributed by atoms with Gasteiger partial charge in [0, 0.05) is 18.3 Å². The number of para-hydroxylation sites is 1. The van der Waals surface area contributed by atoms with Gasteiger partial charge in [-0.25, -0.2) is 14.8 Å². The second-order valence-corrected chi connectivity index (χ2v) is 6.27. The predicted molar refractivity (Wildman–Crippen MR) is 91.0 cm³/mol. The number of ether oxygens (including phenoxy) is 1. The summed E-state index contributed by atoms with van der Waals surface area (Å²) >= 11 is 0. The largest absolute Gasteiger partial charge is 0.493 e. The van der Waals surface area contributed by atoms with Gasteiger partial charge in [-0.3, -0.25) is 0 Å². The number of carbonyl (C=O) groups is 1. The van der Waals surface area contributed by atoms with Crippen LogP contribution in [0.25, 0.3) is 11.4 Å². The van der Waals surface area contributed by atoms with E-state index in [2.05, 4.69) is 16.0 Å². The highest BCUT2D eigenvalue weighted by molar-refractivity contribution is 5.87. The second kappa shape index (κ2) is 7.75. The van der Waals surface area contributed by atoms with E-state index in [1.165, 1.54) is 12.4 Å². The van der Waals surface area contributed by atoms with E-state index in [4.69, 9.17) is 15.1 Å². The first kappa shape index (κ1) is 16.9. The van der Waals surface area contributed by atoms with E-state index in [-0.39, 0.29) is 11.5 Å².